The molecule has 2 rings (SSSR count). The number of urea groups is 1. The molecule has 4 amide bonds. The van der Waals surface area contributed by atoms with E-state index in [2.05, 4.69) is 16.0 Å². The molecule has 0 fully saturated rings. The van der Waals surface area contributed by atoms with E-state index in [1.54, 1.807) is 20.8 Å². The van der Waals surface area contributed by atoms with Crippen molar-refractivity contribution in [1.82, 2.24) is 20.9 Å². The predicted molar refractivity (Wildman–Crippen MR) is 182 cm³/mol. The molecule has 4 atom stereocenters. The number of carbonyl (C=O) groups is 4. The largest absolute Gasteiger partial charge is 0.467 e. The van der Waals surface area contributed by atoms with Crippen LogP contribution in [0.1, 0.15) is 66.0 Å². The first-order chi connectivity index (χ1) is 22.1. The zero-order chi connectivity index (χ0) is 35.1. The second-order valence-corrected chi connectivity index (χ2v) is 13.7. The number of nitrogens with zero attached hydrogens (tertiary/aromatic N) is 1. The van der Waals surface area contributed by atoms with Gasteiger partial charge in [-0.2, -0.15) is 0 Å². The smallest absolute Gasteiger partial charge is 0.407 e. The summed E-state index contributed by atoms with van der Waals surface area (Å²) in [6.07, 6.45) is -1.01. The molecule has 0 radical (unpaired) electrons. The zero-order valence-corrected chi connectivity index (χ0v) is 29.1. The Morgan fingerprint density at radius 3 is 1.81 bits per heavy atom. The highest BCUT2D eigenvalue weighted by Gasteiger charge is 2.32. The quantitative estimate of drug-likeness (QED) is 0.196. The molecule has 0 unspecified atom stereocenters. The first-order valence-corrected chi connectivity index (χ1v) is 16.3. The molecule has 0 saturated carbocycles. The van der Waals surface area contributed by atoms with Crippen molar-refractivity contribution in [2.24, 2.45) is 11.8 Å². The SMILES string of the molecule is COC(=O)[C@H](Cc1ccccc1)NC(=O)[C@H](CC(C)C)NC(=O)N(CC(C)C)C[C@@H](O)[C@H](Cc1ccccc1)NC(=O)OC(C)(C)C. The van der Waals surface area contributed by atoms with E-state index in [-0.39, 0.29) is 31.3 Å². The molecule has 0 aliphatic heterocycles. The maximum Gasteiger partial charge on any atom is 0.407 e. The molecule has 2 aromatic carbocycles. The van der Waals surface area contributed by atoms with E-state index in [1.165, 1.54) is 12.0 Å². The molecule has 4 N–H and O–H groups in total. The minimum Gasteiger partial charge on any atom is -0.467 e. The minimum atomic E-state index is -1.17. The molecule has 0 bridgehead atoms. The average Bonchev–Trinajstić information content (AvgIpc) is 2.98. The second-order valence-electron chi connectivity index (χ2n) is 13.7. The molecular weight excluding hydrogens is 600 g/mol. The van der Waals surface area contributed by atoms with Gasteiger partial charge in [-0.05, 0) is 56.6 Å². The summed E-state index contributed by atoms with van der Waals surface area (Å²) in [7, 11) is 1.26. The van der Waals surface area contributed by atoms with Gasteiger partial charge < -0.3 is 35.4 Å². The van der Waals surface area contributed by atoms with Gasteiger partial charge in [0.1, 0.15) is 17.7 Å². The predicted octanol–water partition coefficient (Wildman–Crippen LogP) is 4.47. The van der Waals surface area contributed by atoms with E-state index in [1.807, 2.05) is 88.4 Å². The Labute approximate surface area is 279 Å². The first kappa shape index (κ1) is 39.1. The molecule has 0 heterocycles. The van der Waals surface area contributed by atoms with Crippen LogP contribution in [0.2, 0.25) is 0 Å². The standard InChI is InChI=1S/C36H54N4O7/c1-24(2)19-29(32(42)37-30(33(43)46-8)21-27-17-13-10-14-18-27)38-34(44)40(22-25(3)4)23-31(41)28(20-26-15-11-9-12-16-26)39-35(45)47-36(5,6)7/h9-18,24-25,28-31,41H,19-23H2,1-8H3,(H,37,42)(H,38,44)(H,39,45)/t28-,29-,30-,31+/m0/s1. The molecule has 0 saturated heterocycles. The number of ether oxygens (including phenoxy) is 2. The van der Waals surface area contributed by atoms with Gasteiger partial charge >= 0.3 is 18.1 Å². The fourth-order valence-electron chi connectivity index (χ4n) is 5.05. The maximum atomic E-state index is 13.8. The van der Waals surface area contributed by atoms with Crippen molar-refractivity contribution < 1.29 is 33.8 Å². The molecule has 2 aromatic rings. The van der Waals surface area contributed by atoms with Crippen molar-refractivity contribution in [2.75, 3.05) is 20.2 Å². The number of nitrogens with one attached hydrogen (secondary N) is 3. The van der Waals surface area contributed by atoms with Crippen molar-refractivity contribution in [1.29, 1.82) is 0 Å². The lowest BCUT2D eigenvalue weighted by Crippen LogP contribution is -2.57. The number of carbonyl (C=O) groups excluding carboxylic acids is 4. The fraction of sp³-hybridized carbons (Fsp3) is 0.556. The molecule has 0 aliphatic carbocycles. The Morgan fingerprint density at radius 2 is 1.32 bits per heavy atom. The summed E-state index contributed by atoms with van der Waals surface area (Å²) in [6.45, 7) is 13.2. The normalized spacial score (nSPS) is 14.0. The summed E-state index contributed by atoms with van der Waals surface area (Å²) in [6, 6.07) is 15.4. The van der Waals surface area contributed by atoms with Crippen LogP contribution in [0.4, 0.5) is 9.59 Å². The van der Waals surface area contributed by atoms with Gasteiger partial charge in [0.25, 0.3) is 0 Å². The van der Waals surface area contributed by atoms with Crippen molar-refractivity contribution >= 4 is 24.0 Å². The molecule has 11 nitrogen and oxygen atoms in total. The summed E-state index contributed by atoms with van der Waals surface area (Å²) >= 11 is 0. The Bertz CT molecular complexity index is 1270. The monoisotopic (exact) mass is 654 g/mol. The highest BCUT2D eigenvalue weighted by atomic mass is 16.6. The van der Waals surface area contributed by atoms with Crippen molar-refractivity contribution in [3.63, 3.8) is 0 Å². The molecule has 0 aliphatic rings. The van der Waals surface area contributed by atoms with Gasteiger partial charge in [0.2, 0.25) is 5.91 Å². The lowest BCUT2D eigenvalue weighted by Gasteiger charge is -2.33. The van der Waals surface area contributed by atoms with Gasteiger partial charge in [-0.15, -0.1) is 0 Å². The van der Waals surface area contributed by atoms with Gasteiger partial charge in [0, 0.05) is 13.0 Å². The number of amides is 4. The number of alkyl carbamates (subject to hydrolysis) is 1. The summed E-state index contributed by atoms with van der Waals surface area (Å²) in [5.74, 6) is -1.04. The second kappa shape index (κ2) is 18.9. The lowest BCUT2D eigenvalue weighted by molar-refractivity contribution is -0.145. The number of aliphatic hydroxyl groups excluding tert-OH is 1. The maximum absolute atomic E-state index is 13.8. The van der Waals surface area contributed by atoms with E-state index >= 15 is 0 Å². The van der Waals surface area contributed by atoms with Crippen LogP contribution in [0.3, 0.4) is 0 Å². The van der Waals surface area contributed by atoms with Gasteiger partial charge in [0.05, 0.1) is 25.8 Å². The van der Waals surface area contributed by atoms with E-state index in [0.29, 0.717) is 12.8 Å². The fourth-order valence-corrected chi connectivity index (χ4v) is 5.05. The molecule has 47 heavy (non-hydrogen) atoms. The third-order valence-electron chi connectivity index (χ3n) is 7.15. The van der Waals surface area contributed by atoms with E-state index < -0.39 is 53.8 Å². The zero-order valence-electron chi connectivity index (χ0n) is 29.1. The molecule has 0 spiro atoms. The molecule has 260 valence electrons. The number of esters is 1. The van der Waals surface area contributed by atoms with Crippen molar-refractivity contribution in [3.8, 4) is 0 Å². The van der Waals surface area contributed by atoms with Crippen LogP contribution < -0.4 is 16.0 Å². The third kappa shape index (κ3) is 14.9. The number of rotatable bonds is 16. The Morgan fingerprint density at radius 1 is 0.766 bits per heavy atom. The van der Waals surface area contributed by atoms with Gasteiger partial charge in [-0.1, -0.05) is 88.4 Å². The van der Waals surface area contributed by atoms with Crippen LogP contribution in [0.5, 0.6) is 0 Å². The first-order valence-electron chi connectivity index (χ1n) is 16.3. The van der Waals surface area contributed by atoms with Crippen molar-refractivity contribution in [3.05, 3.63) is 71.8 Å². The number of benzene rings is 2. The van der Waals surface area contributed by atoms with E-state index in [4.69, 9.17) is 9.47 Å². The Hall–Kier alpha value is -4.12. The van der Waals surface area contributed by atoms with Crippen LogP contribution in [0, 0.1) is 11.8 Å². The number of hydrogen-bond acceptors (Lipinski definition) is 7. The van der Waals surface area contributed by atoms with Gasteiger partial charge in [-0.25, -0.2) is 14.4 Å². The summed E-state index contributed by atoms with van der Waals surface area (Å²) in [5, 5.41) is 19.9. The molecular formula is C36H54N4O7. The minimum absolute atomic E-state index is 0.0336. The summed E-state index contributed by atoms with van der Waals surface area (Å²) in [4.78, 5) is 54.2. The summed E-state index contributed by atoms with van der Waals surface area (Å²) in [5.41, 5.74) is 0.988. The van der Waals surface area contributed by atoms with Crippen LogP contribution >= 0.6 is 0 Å². The Balaban J connectivity index is 2.27. The topological polar surface area (TPSA) is 146 Å². The summed E-state index contributed by atoms with van der Waals surface area (Å²) < 4.78 is 10.4. The number of hydrogen-bond donors (Lipinski definition) is 4. The lowest BCUT2D eigenvalue weighted by atomic mass is 10.0. The van der Waals surface area contributed by atoms with E-state index in [9.17, 15) is 24.3 Å². The average molecular weight is 655 g/mol. The van der Waals surface area contributed by atoms with Crippen LogP contribution in [-0.4, -0.2) is 84.0 Å². The van der Waals surface area contributed by atoms with Gasteiger partial charge in [-0.3, -0.25) is 4.79 Å². The van der Waals surface area contributed by atoms with E-state index in [0.717, 1.165) is 11.1 Å². The molecule has 0 aromatic heterocycles. The van der Waals surface area contributed by atoms with Crippen LogP contribution in [-0.2, 0) is 31.9 Å². The highest BCUT2D eigenvalue weighted by Crippen LogP contribution is 2.14. The third-order valence-corrected chi connectivity index (χ3v) is 7.15. The highest BCUT2D eigenvalue weighted by molar-refractivity contribution is 5.90. The Kier molecular flexibility index (Phi) is 15.7. The number of methoxy groups -OCH3 is 1. The molecule has 11 heteroatoms. The van der Waals surface area contributed by atoms with Crippen LogP contribution in [0.25, 0.3) is 0 Å². The van der Waals surface area contributed by atoms with Crippen LogP contribution in [0.15, 0.2) is 60.7 Å². The number of aliphatic hydroxyl groups is 1. The van der Waals surface area contributed by atoms with Crippen molar-refractivity contribution in [2.45, 2.75) is 97.6 Å². The van der Waals surface area contributed by atoms with Gasteiger partial charge in [0.15, 0.2) is 0 Å².